The maximum atomic E-state index is 11.1. The van der Waals surface area contributed by atoms with Crippen molar-refractivity contribution in [1.82, 2.24) is 4.98 Å². The van der Waals surface area contributed by atoms with Crippen LogP contribution in [0.15, 0.2) is 94.9 Å². The molecule has 5 heteroatoms. The molecule has 176 valence electrons. The molecule has 1 atom stereocenters. The second kappa shape index (κ2) is 10.4. The number of rotatable bonds is 6. The number of hydrogen-bond acceptors (Lipinski definition) is 5. The molecule has 0 spiro atoms. The lowest BCUT2D eigenvalue weighted by Crippen LogP contribution is -2.09. The molecule has 0 bridgehead atoms. The second-order valence-electron chi connectivity index (χ2n) is 8.71. The molecule has 3 aromatic carbocycles. The van der Waals surface area contributed by atoms with E-state index in [9.17, 15) is 4.79 Å². The minimum Gasteiger partial charge on any atom is -0.436 e. The lowest BCUT2D eigenvalue weighted by Gasteiger charge is -2.25. The molecule has 5 rings (SSSR count). The van der Waals surface area contributed by atoms with Crippen LogP contribution in [0, 0.1) is 0 Å². The van der Waals surface area contributed by atoms with Crippen molar-refractivity contribution in [3.8, 4) is 28.3 Å². The highest BCUT2D eigenvalue weighted by Gasteiger charge is 2.23. The number of nitrogens with zero attached hydrogens (tertiary/aromatic N) is 1. The average Bonchev–Trinajstić information content (AvgIpc) is 3.33. The molecule has 1 unspecified atom stereocenters. The number of hydrogen-bond donors (Lipinski definition) is 0. The predicted octanol–water partition coefficient (Wildman–Crippen LogP) is 7.61. The Morgan fingerprint density at radius 1 is 0.943 bits per heavy atom. The van der Waals surface area contributed by atoms with E-state index in [1.165, 1.54) is 12.5 Å². The number of aromatic nitrogens is 1. The standard InChI is InChI=1S/C30H27NO4/c1-21(32)34-35-26-17-10-16-24(19-26)27-18-9-8-15-25(27)20-28-31-29(22-11-4-2-5-12-22)30(33-28)23-13-6-3-7-14-23/h2-7,10-14,16-17,19-20,27H,8-9,15,18H2,1H3. The van der Waals surface area contributed by atoms with Crippen molar-refractivity contribution in [1.29, 1.82) is 0 Å². The number of oxazole rings is 1. The summed E-state index contributed by atoms with van der Waals surface area (Å²) in [7, 11) is 0. The van der Waals surface area contributed by atoms with Gasteiger partial charge in [-0.3, -0.25) is 9.78 Å². The average molecular weight is 466 g/mol. The molecule has 1 heterocycles. The second-order valence-corrected chi connectivity index (χ2v) is 8.71. The molecule has 4 aromatic rings. The van der Waals surface area contributed by atoms with Crippen LogP contribution in [0.1, 0.15) is 50.0 Å². The van der Waals surface area contributed by atoms with E-state index in [1.54, 1.807) is 6.07 Å². The Labute approximate surface area is 205 Å². The van der Waals surface area contributed by atoms with E-state index >= 15 is 0 Å². The van der Waals surface area contributed by atoms with Crippen LogP contribution in [0.4, 0.5) is 0 Å². The maximum Gasteiger partial charge on any atom is 0.352 e. The Balaban J connectivity index is 1.51. The monoisotopic (exact) mass is 465 g/mol. The SMILES string of the molecule is CC(=O)OOc1cccc(C2CCCCC2=Cc2nc(-c3ccccc3)c(-c3ccccc3)o2)c1. The molecular formula is C30H27NO4. The van der Waals surface area contributed by atoms with Gasteiger partial charge in [-0.05, 0) is 37.0 Å². The van der Waals surface area contributed by atoms with E-state index in [-0.39, 0.29) is 5.92 Å². The Hall–Kier alpha value is -4.12. The maximum absolute atomic E-state index is 11.1. The molecule has 0 saturated heterocycles. The zero-order chi connectivity index (χ0) is 24.0. The van der Waals surface area contributed by atoms with E-state index in [4.69, 9.17) is 19.2 Å². The largest absolute Gasteiger partial charge is 0.436 e. The van der Waals surface area contributed by atoms with Crippen molar-refractivity contribution in [2.45, 2.75) is 38.5 Å². The summed E-state index contributed by atoms with van der Waals surface area (Å²) >= 11 is 0. The van der Waals surface area contributed by atoms with Gasteiger partial charge in [-0.1, -0.05) is 84.8 Å². The first kappa shape index (κ1) is 22.7. The molecule has 1 aliphatic carbocycles. The fraction of sp³-hybridized carbons (Fsp3) is 0.200. The molecule has 35 heavy (non-hydrogen) atoms. The van der Waals surface area contributed by atoms with Gasteiger partial charge < -0.3 is 4.42 Å². The molecule has 1 aromatic heterocycles. The van der Waals surface area contributed by atoms with E-state index in [2.05, 4.69) is 24.3 Å². The highest BCUT2D eigenvalue weighted by molar-refractivity contribution is 5.77. The first-order valence-corrected chi connectivity index (χ1v) is 11.9. The Kier molecular flexibility index (Phi) is 6.75. The molecule has 1 aliphatic rings. The van der Waals surface area contributed by atoms with Gasteiger partial charge in [0.15, 0.2) is 11.5 Å². The number of carbonyl (C=O) groups is 1. The highest BCUT2D eigenvalue weighted by Crippen LogP contribution is 2.40. The summed E-state index contributed by atoms with van der Waals surface area (Å²) < 4.78 is 6.36. The van der Waals surface area contributed by atoms with Crippen molar-refractivity contribution < 1.29 is 19.0 Å². The summed E-state index contributed by atoms with van der Waals surface area (Å²) in [6.45, 7) is 1.32. The summed E-state index contributed by atoms with van der Waals surface area (Å²) in [5.74, 6) is 1.62. The van der Waals surface area contributed by atoms with Gasteiger partial charge >= 0.3 is 5.97 Å². The Bertz CT molecular complexity index is 1270. The van der Waals surface area contributed by atoms with E-state index in [0.717, 1.165) is 53.8 Å². The fourth-order valence-corrected chi connectivity index (χ4v) is 4.61. The summed E-state index contributed by atoms with van der Waals surface area (Å²) in [5.41, 5.74) is 5.27. The van der Waals surface area contributed by atoms with Crippen LogP contribution in [0.2, 0.25) is 0 Å². The molecule has 0 amide bonds. The molecular weight excluding hydrogens is 438 g/mol. The van der Waals surface area contributed by atoms with Crippen molar-refractivity contribution in [2.24, 2.45) is 0 Å². The van der Waals surface area contributed by atoms with Crippen molar-refractivity contribution in [3.63, 3.8) is 0 Å². The third-order valence-electron chi connectivity index (χ3n) is 6.21. The first-order valence-electron chi connectivity index (χ1n) is 11.9. The van der Waals surface area contributed by atoms with Crippen LogP contribution in [0.5, 0.6) is 5.75 Å². The lowest BCUT2D eigenvalue weighted by molar-refractivity contribution is -0.210. The Morgan fingerprint density at radius 2 is 1.69 bits per heavy atom. The minimum absolute atomic E-state index is 0.219. The van der Waals surface area contributed by atoms with Crippen LogP contribution >= 0.6 is 0 Å². The third kappa shape index (κ3) is 5.35. The van der Waals surface area contributed by atoms with Gasteiger partial charge in [0.1, 0.15) is 5.69 Å². The van der Waals surface area contributed by atoms with Gasteiger partial charge in [-0.15, -0.1) is 0 Å². The van der Waals surface area contributed by atoms with Gasteiger partial charge in [0.05, 0.1) is 0 Å². The van der Waals surface area contributed by atoms with Crippen LogP contribution in [-0.2, 0) is 9.68 Å². The number of allylic oxidation sites excluding steroid dienone is 1. The lowest BCUT2D eigenvalue weighted by atomic mass is 9.79. The zero-order valence-electron chi connectivity index (χ0n) is 19.6. The molecule has 0 N–H and O–H groups in total. The van der Waals surface area contributed by atoms with Crippen molar-refractivity contribution in [3.05, 3.63) is 102 Å². The fourth-order valence-electron chi connectivity index (χ4n) is 4.61. The van der Waals surface area contributed by atoms with Crippen LogP contribution in [0.25, 0.3) is 28.7 Å². The van der Waals surface area contributed by atoms with Gasteiger partial charge in [0.2, 0.25) is 5.89 Å². The molecule has 1 fully saturated rings. The normalized spacial score (nSPS) is 16.7. The zero-order valence-corrected chi connectivity index (χ0v) is 19.6. The predicted molar refractivity (Wildman–Crippen MR) is 135 cm³/mol. The molecule has 0 radical (unpaired) electrons. The molecule has 1 saturated carbocycles. The molecule has 0 aliphatic heterocycles. The summed E-state index contributed by atoms with van der Waals surface area (Å²) in [5, 5.41) is 0. The topological polar surface area (TPSA) is 61.6 Å². The van der Waals surface area contributed by atoms with Crippen LogP contribution in [0.3, 0.4) is 0 Å². The van der Waals surface area contributed by atoms with E-state index < -0.39 is 5.97 Å². The van der Waals surface area contributed by atoms with Crippen LogP contribution < -0.4 is 4.89 Å². The van der Waals surface area contributed by atoms with E-state index in [0.29, 0.717) is 11.6 Å². The van der Waals surface area contributed by atoms with E-state index in [1.807, 2.05) is 60.7 Å². The van der Waals surface area contributed by atoms with Gasteiger partial charge in [0, 0.05) is 30.0 Å². The van der Waals surface area contributed by atoms with Crippen LogP contribution in [-0.4, -0.2) is 11.0 Å². The minimum atomic E-state index is -0.485. The Morgan fingerprint density at radius 3 is 2.43 bits per heavy atom. The number of carbonyl (C=O) groups excluding carboxylic acids is 1. The first-order chi connectivity index (χ1) is 17.2. The molecule has 5 nitrogen and oxygen atoms in total. The summed E-state index contributed by atoms with van der Waals surface area (Å²) in [4.78, 5) is 25.9. The highest BCUT2D eigenvalue weighted by atomic mass is 17.2. The van der Waals surface area contributed by atoms with Crippen molar-refractivity contribution >= 4 is 12.0 Å². The summed E-state index contributed by atoms with van der Waals surface area (Å²) in [6.07, 6.45) is 6.38. The van der Waals surface area contributed by atoms with Crippen molar-refractivity contribution in [2.75, 3.05) is 0 Å². The summed E-state index contributed by atoms with van der Waals surface area (Å²) in [6, 6.07) is 28.0. The van der Waals surface area contributed by atoms with Gasteiger partial charge in [-0.2, -0.15) is 0 Å². The third-order valence-corrected chi connectivity index (χ3v) is 6.21. The number of benzene rings is 3. The van der Waals surface area contributed by atoms with Gasteiger partial charge in [0.25, 0.3) is 0 Å². The quantitative estimate of drug-likeness (QED) is 0.217. The van der Waals surface area contributed by atoms with Gasteiger partial charge in [-0.25, -0.2) is 9.78 Å². The smallest absolute Gasteiger partial charge is 0.352 e.